The third kappa shape index (κ3) is 2.22. The van der Waals surface area contributed by atoms with E-state index in [0.717, 1.165) is 29.2 Å². The van der Waals surface area contributed by atoms with Crippen molar-refractivity contribution in [2.45, 2.75) is 12.8 Å². The molecule has 0 spiro atoms. The number of rotatable bonds is 3. The van der Waals surface area contributed by atoms with E-state index in [1.807, 2.05) is 23.7 Å². The summed E-state index contributed by atoms with van der Waals surface area (Å²) in [6, 6.07) is 8.23. The van der Waals surface area contributed by atoms with Crippen molar-refractivity contribution in [2.75, 3.05) is 13.2 Å². The highest BCUT2D eigenvalue weighted by molar-refractivity contribution is 7.15. The summed E-state index contributed by atoms with van der Waals surface area (Å²) in [4.78, 5) is 5.72. The van der Waals surface area contributed by atoms with E-state index in [4.69, 9.17) is 10.5 Å². The SMILES string of the molecule is NCC1(Cc2cn3ccsc3n2)COc2ccccc2C1. The standard InChI is InChI=1S/C16H17N3OS/c17-10-16(7-12-3-1-2-4-14(12)20-11-16)8-13-9-19-5-6-21-15(19)18-13/h1-6,9H,7-8,10-11,17H2. The number of hydrogen-bond donors (Lipinski definition) is 1. The first kappa shape index (κ1) is 12.9. The third-order valence-corrected chi connectivity index (χ3v) is 4.97. The van der Waals surface area contributed by atoms with Crippen LogP contribution in [0.25, 0.3) is 4.96 Å². The minimum Gasteiger partial charge on any atom is -0.493 e. The molecule has 21 heavy (non-hydrogen) atoms. The lowest BCUT2D eigenvalue weighted by Crippen LogP contribution is -2.43. The minimum absolute atomic E-state index is 0.0572. The molecule has 1 aliphatic rings. The number of thiazole rings is 1. The quantitative estimate of drug-likeness (QED) is 0.808. The number of nitrogens with two attached hydrogens (primary N) is 1. The number of nitrogens with zero attached hydrogens (tertiary/aromatic N) is 2. The van der Waals surface area contributed by atoms with Crippen molar-refractivity contribution in [2.24, 2.45) is 11.1 Å². The summed E-state index contributed by atoms with van der Waals surface area (Å²) in [6.45, 7) is 1.26. The number of imidazole rings is 1. The van der Waals surface area contributed by atoms with Crippen LogP contribution < -0.4 is 10.5 Å². The molecule has 0 saturated carbocycles. The second kappa shape index (κ2) is 4.86. The van der Waals surface area contributed by atoms with Crippen molar-refractivity contribution in [1.82, 2.24) is 9.38 Å². The summed E-state index contributed by atoms with van der Waals surface area (Å²) in [6.07, 6.45) is 5.94. The predicted molar refractivity (Wildman–Crippen MR) is 83.9 cm³/mol. The van der Waals surface area contributed by atoms with Gasteiger partial charge in [-0.2, -0.15) is 0 Å². The van der Waals surface area contributed by atoms with Crippen molar-refractivity contribution < 1.29 is 4.74 Å². The number of para-hydroxylation sites is 1. The highest BCUT2D eigenvalue weighted by Gasteiger charge is 2.35. The maximum Gasteiger partial charge on any atom is 0.193 e. The fourth-order valence-corrected chi connectivity index (χ4v) is 3.76. The largest absolute Gasteiger partial charge is 0.493 e. The Morgan fingerprint density at radius 1 is 1.38 bits per heavy atom. The molecule has 5 heteroatoms. The first-order valence-corrected chi connectivity index (χ1v) is 7.98. The number of benzene rings is 1. The second-order valence-electron chi connectivity index (χ2n) is 5.78. The summed E-state index contributed by atoms with van der Waals surface area (Å²) in [7, 11) is 0. The average molecular weight is 299 g/mol. The summed E-state index contributed by atoms with van der Waals surface area (Å²) in [5.41, 5.74) is 8.38. The summed E-state index contributed by atoms with van der Waals surface area (Å²) < 4.78 is 8.02. The first-order valence-electron chi connectivity index (χ1n) is 7.10. The zero-order valence-electron chi connectivity index (χ0n) is 11.7. The zero-order chi connectivity index (χ0) is 14.3. The number of fused-ring (bicyclic) bond motifs is 2. The summed E-state index contributed by atoms with van der Waals surface area (Å²) in [5.74, 6) is 0.993. The molecule has 108 valence electrons. The molecule has 0 radical (unpaired) electrons. The Labute approximate surface area is 127 Å². The molecule has 1 atom stereocenters. The maximum absolute atomic E-state index is 6.10. The van der Waals surface area contributed by atoms with Crippen LogP contribution in [0, 0.1) is 5.41 Å². The first-order chi connectivity index (χ1) is 10.3. The van der Waals surface area contributed by atoms with Gasteiger partial charge in [-0.25, -0.2) is 4.98 Å². The van der Waals surface area contributed by atoms with E-state index in [0.29, 0.717) is 13.2 Å². The Balaban J connectivity index is 1.64. The van der Waals surface area contributed by atoms with E-state index in [1.54, 1.807) is 11.3 Å². The highest BCUT2D eigenvalue weighted by Crippen LogP contribution is 2.36. The van der Waals surface area contributed by atoms with Crippen LogP contribution in [-0.2, 0) is 12.8 Å². The van der Waals surface area contributed by atoms with E-state index in [2.05, 4.69) is 27.7 Å². The van der Waals surface area contributed by atoms with Gasteiger partial charge in [-0.1, -0.05) is 18.2 Å². The van der Waals surface area contributed by atoms with Crippen LogP contribution in [-0.4, -0.2) is 22.5 Å². The number of hydrogen-bond acceptors (Lipinski definition) is 4. The van der Waals surface area contributed by atoms with Gasteiger partial charge in [0.15, 0.2) is 4.96 Å². The summed E-state index contributed by atoms with van der Waals surface area (Å²) >= 11 is 1.65. The lowest BCUT2D eigenvalue weighted by Gasteiger charge is -2.36. The van der Waals surface area contributed by atoms with Crippen LogP contribution >= 0.6 is 11.3 Å². The van der Waals surface area contributed by atoms with E-state index in [9.17, 15) is 0 Å². The topological polar surface area (TPSA) is 52.5 Å². The fourth-order valence-electron chi connectivity index (χ4n) is 3.04. The molecule has 3 heterocycles. The molecule has 2 N–H and O–H groups in total. The molecule has 3 aromatic rings. The highest BCUT2D eigenvalue weighted by atomic mass is 32.1. The van der Waals surface area contributed by atoms with Gasteiger partial charge in [0.25, 0.3) is 0 Å². The van der Waals surface area contributed by atoms with Crippen LogP contribution in [0.3, 0.4) is 0 Å². The maximum atomic E-state index is 6.10. The van der Waals surface area contributed by atoms with Gasteiger partial charge in [-0.3, -0.25) is 4.40 Å². The lowest BCUT2D eigenvalue weighted by atomic mass is 9.77. The Kier molecular flexibility index (Phi) is 2.97. The smallest absolute Gasteiger partial charge is 0.193 e. The van der Waals surface area contributed by atoms with Crippen LogP contribution in [0.15, 0.2) is 42.0 Å². The van der Waals surface area contributed by atoms with E-state index >= 15 is 0 Å². The molecule has 0 fully saturated rings. The van der Waals surface area contributed by atoms with Gasteiger partial charge in [0.05, 0.1) is 12.3 Å². The van der Waals surface area contributed by atoms with Crippen LogP contribution in [0.2, 0.25) is 0 Å². The van der Waals surface area contributed by atoms with Crippen LogP contribution in [0.1, 0.15) is 11.3 Å². The van der Waals surface area contributed by atoms with Gasteiger partial charge in [0.1, 0.15) is 5.75 Å². The van der Waals surface area contributed by atoms with E-state index < -0.39 is 0 Å². The molecule has 2 aromatic heterocycles. The van der Waals surface area contributed by atoms with Crippen molar-refractivity contribution in [1.29, 1.82) is 0 Å². The molecule has 1 aromatic carbocycles. The van der Waals surface area contributed by atoms with Gasteiger partial charge in [0, 0.05) is 36.2 Å². The Morgan fingerprint density at radius 2 is 2.29 bits per heavy atom. The Bertz CT molecular complexity index is 750. The van der Waals surface area contributed by atoms with Gasteiger partial charge in [-0.15, -0.1) is 11.3 Å². The third-order valence-electron chi connectivity index (χ3n) is 4.20. The van der Waals surface area contributed by atoms with Gasteiger partial charge >= 0.3 is 0 Å². The molecular formula is C16H17N3OS. The monoisotopic (exact) mass is 299 g/mol. The normalized spacial score (nSPS) is 21.2. The number of aromatic nitrogens is 2. The minimum atomic E-state index is -0.0572. The molecule has 4 rings (SSSR count). The Hall–Kier alpha value is -1.85. The van der Waals surface area contributed by atoms with Crippen molar-refractivity contribution in [3.05, 3.63) is 53.3 Å². The molecule has 0 bridgehead atoms. The molecule has 1 aliphatic heterocycles. The van der Waals surface area contributed by atoms with Crippen molar-refractivity contribution in [3.63, 3.8) is 0 Å². The molecule has 0 aliphatic carbocycles. The van der Waals surface area contributed by atoms with Crippen molar-refractivity contribution in [3.8, 4) is 5.75 Å². The fraction of sp³-hybridized carbons (Fsp3) is 0.312. The van der Waals surface area contributed by atoms with Crippen LogP contribution in [0.4, 0.5) is 0 Å². The number of ether oxygens (including phenoxy) is 1. The van der Waals surface area contributed by atoms with E-state index in [1.165, 1.54) is 5.56 Å². The molecule has 0 saturated heterocycles. The summed E-state index contributed by atoms with van der Waals surface area (Å²) in [5, 5.41) is 2.05. The van der Waals surface area contributed by atoms with Crippen LogP contribution in [0.5, 0.6) is 5.75 Å². The Morgan fingerprint density at radius 3 is 3.14 bits per heavy atom. The average Bonchev–Trinajstić information content (AvgIpc) is 3.08. The van der Waals surface area contributed by atoms with E-state index in [-0.39, 0.29) is 5.41 Å². The molecule has 0 amide bonds. The molecular weight excluding hydrogens is 282 g/mol. The zero-order valence-corrected chi connectivity index (χ0v) is 12.5. The van der Waals surface area contributed by atoms with Crippen molar-refractivity contribution >= 4 is 16.3 Å². The molecule has 4 nitrogen and oxygen atoms in total. The predicted octanol–water partition coefficient (Wildman–Crippen LogP) is 2.52. The molecule has 1 unspecified atom stereocenters. The van der Waals surface area contributed by atoms with Gasteiger partial charge < -0.3 is 10.5 Å². The second-order valence-corrected chi connectivity index (χ2v) is 6.65. The van der Waals surface area contributed by atoms with Gasteiger partial charge in [-0.05, 0) is 18.1 Å². The van der Waals surface area contributed by atoms with Gasteiger partial charge in [0.2, 0.25) is 0 Å². The lowest BCUT2D eigenvalue weighted by molar-refractivity contribution is 0.125.